The van der Waals surface area contributed by atoms with Gasteiger partial charge in [-0.15, -0.1) is 0 Å². The summed E-state index contributed by atoms with van der Waals surface area (Å²) < 4.78 is 81.8. The molecule has 1 N–H and O–H groups in total. The van der Waals surface area contributed by atoms with Gasteiger partial charge in [-0.1, -0.05) is 6.07 Å². The van der Waals surface area contributed by atoms with E-state index < -0.39 is 51.9 Å². The Balaban J connectivity index is 1.93. The van der Waals surface area contributed by atoms with E-state index in [2.05, 4.69) is 10.4 Å². The van der Waals surface area contributed by atoms with E-state index in [0.29, 0.717) is 0 Å². The number of carbonyl (C=O) groups excluding carboxylic acids is 1. The number of anilines is 1. The van der Waals surface area contributed by atoms with Gasteiger partial charge in [0.15, 0.2) is 5.69 Å². The third-order valence-electron chi connectivity index (χ3n) is 3.80. The number of halogens is 6. The molecule has 0 aliphatic carbocycles. The lowest BCUT2D eigenvalue weighted by molar-refractivity contribution is -0.141. The number of hydrogen-bond acceptors (Lipinski definition) is 2. The second kappa shape index (κ2) is 7.02. The minimum absolute atomic E-state index is 0.189. The lowest BCUT2D eigenvalue weighted by atomic mass is 10.0. The van der Waals surface area contributed by atoms with Gasteiger partial charge in [0.05, 0.1) is 0 Å². The van der Waals surface area contributed by atoms with Crippen molar-refractivity contribution < 1.29 is 31.1 Å². The summed E-state index contributed by atoms with van der Waals surface area (Å²) in [6, 6.07) is 5.70. The molecular formula is C18H11F6N3O. The molecule has 0 saturated heterocycles. The molecule has 0 fully saturated rings. The zero-order valence-corrected chi connectivity index (χ0v) is 14.1. The van der Waals surface area contributed by atoms with E-state index in [1.807, 2.05) is 0 Å². The number of hydrogen-bond donors (Lipinski definition) is 1. The Hall–Kier alpha value is -3.30. The quantitative estimate of drug-likeness (QED) is 0.645. The van der Waals surface area contributed by atoms with Crippen LogP contribution in [0.5, 0.6) is 0 Å². The van der Waals surface area contributed by atoms with Crippen LogP contribution in [0.4, 0.5) is 32.0 Å². The Kier molecular flexibility index (Phi) is 4.88. The van der Waals surface area contributed by atoms with E-state index >= 15 is 0 Å². The van der Waals surface area contributed by atoms with Gasteiger partial charge in [-0.2, -0.15) is 18.3 Å². The molecule has 1 heterocycles. The molecule has 0 spiro atoms. The number of nitrogens with zero attached hydrogens (tertiary/aromatic N) is 2. The maximum absolute atomic E-state index is 14.4. The van der Waals surface area contributed by atoms with Gasteiger partial charge in [0.25, 0.3) is 5.91 Å². The summed E-state index contributed by atoms with van der Waals surface area (Å²) >= 11 is 0. The van der Waals surface area contributed by atoms with Crippen molar-refractivity contribution in [3.8, 4) is 11.1 Å². The Bertz CT molecular complexity index is 1040. The van der Waals surface area contributed by atoms with Gasteiger partial charge < -0.3 is 5.32 Å². The molecule has 0 aliphatic heterocycles. The van der Waals surface area contributed by atoms with Crippen molar-refractivity contribution in [2.75, 3.05) is 5.32 Å². The van der Waals surface area contributed by atoms with Crippen molar-refractivity contribution in [1.82, 2.24) is 9.78 Å². The SMILES string of the molecule is Cn1cc(-c2ccc(NC(=O)c3c(F)cccc3F)cc2F)c(C(F)(F)F)n1. The Morgan fingerprint density at radius 1 is 1.00 bits per heavy atom. The fourth-order valence-electron chi connectivity index (χ4n) is 2.61. The largest absolute Gasteiger partial charge is 0.435 e. The van der Waals surface area contributed by atoms with Crippen molar-refractivity contribution in [1.29, 1.82) is 0 Å². The Labute approximate surface area is 154 Å². The fourth-order valence-corrected chi connectivity index (χ4v) is 2.61. The highest BCUT2D eigenvalue weighted by Crippen LogP contribution is 2.37. The van der Waals surface area contributed by atoms with Gasteiger partial charge in [-0.25, -0.2) is 13.2 Å². The minimum Gasteiger partial charge on any atom is -0.322 e. The molecule has 0 radical (unpaired) electrons. The second-order valence-electron chi connectivity index (χ2n) is 5.81. The summed E-state index contributed by atoms with van der Waals surface area (Å²) in [6.45, 7) is 0. The zero-order valence-electron chi connectivity index (χ0n) is 14.1. The molecule has 0 saturated carbocycles. The number of rotatable bonds is 3. The first-order valence-corrected chi connectivity index (χ1v) is 7.74. The van der Waals surface area contributed by atoms with Crippen LogP contribution in [0, 0.1) is 17.5 Å². The van der Waals surface area contributed by atoms with E-state index in [9.17, 15) is 31.1 Å². The molecular weight excluding hydrogens is 388 g/mol. The summed E-state index contributed by atoms with van der Waals surface area (Å²) in [7, 11) is 1.26. The predicted octanol–water partition coefficient (Wildman–Crippen LogP) is 4.78. The van der Waals surface area contributed by atoms with Crippen LogP contribution in [0.2, 0.25) is 0 Å². The monoisotopic (exact) mass is 399 g/mol. The molecule has 0 atom stereocenters. The molecule has 2 aromatic carbocycles. The smallest absolute Gasteiger partial charge is 0.322 e. The minimum atomic E-state index is -4.79. The number of amides is 1. The van der Waals surface area contributed by atoms with Crippen molar-refractivity contribution in [2.24, 2.45) is 7.05 Å². The Morgan fingerprint density at radius 3 is 2.21 bits per heavy atom. The summed E-state index contributed by atoms with van der Waals surface area (Å²) in [5.41, 5.74) is -3.19. The molecule has 0 bridgehead atoms. The summed E-state index contributed by atoms with van der Waals surface area (Å²) in [4.78, 5) is 12.0. The first-order chi connectivity index (χ1) is 13.1. The third-order valence-corrected chi connectivity index (χ3v) is 3.80. The number of alkyl halides is 3. The van der Waals surface area contributed by atoms with Gasteiger partial charge in [0.2, 0.25) is 0 Å². The zero-order chi connectivity index (χ0) is 20.6. The number of aromatic nitrogens is 2. The highest BCUT2D eigenvalue weighted by Gasteiger charge is 2.37. The lowest BCUT2D eigenvalue weighted by Crippen LogP contribution is -2.16. The van der Waals surface area contributed by atoms with Gasteiger partial charge in [-0.05, 0) is 30.3 Å². The van der Waals surface area contributed by atoms with E-state index in [-0.39, 0.29) is 5.69 Å². The van der Waals surface area contributed by atoms with Gasteiger partial charge in [-0.3, -0.25) is 9.48 Å². The topological polar surface area (TPSA) is 46.9 Å². The standard InChI is InChI=1S/C18H11F6N3O/c1-27-8-11(16(26-27)18(22,23)24)10-6-5-9(7-14(10)21)25-17(28)15-12(19)3-2-4-13(15)20/h2-8H,1H3,(H,25,28). The number of aryl methyl sites for hydroxylation is 1. The predicted molar refractivity (Wildman–Crippen MR) is 87.9 cm³/mol. The van der Waals surface area contributed by atoms with Crippen LogP contribution in [-0.2, 0) is 13.2 Å². The number of benzene rings is 2. The maximum Gasteiger partial charge on any atom is 0.435 e. The average molecular weight is 399 g/mol. The summed E-state index contributed by atoms with van der Waals surface area (Å²) in [6.07, 6.45) is -3.79. The number of carbonyl (C=O) groups is 1. The first kappa shape index (κ1) is 19.5. The van der Waals surface area contributed by atoms with Gasteiger partial charge in [0.1, 0.15) is 23.0 Å². The maximum atomic E-state index is 14.4. The molecule has 3 aromatic rings. The first-order valence-electron chi connectivity index (χ1n) is 7.74. The molecule has 10 heteroatoms. The van der Waals surface area contributed by atoms with Crippen molar-refractivity contribution in [2.45, 2.75) is 6.18 Å². The van der Waals surface area contributed by atoms with E-state index in [1.54, 1.807) is 0 Å². The summed E-state index contributed by atoms with van der Waals surface area (Å²) in [5, 5.41) is 5.41. The van der Waals surface area contributed by atoms with Crippen molar-refractivity contribution >= 4 is 11.6 Å². The normalized spacial score (nSPS) is 11.5. The molecule has 0 unspecified atom stereocenters. The van der Waals surface area contributed by atoms with Crippen LogP contribution < -0.4 is 5.32 Å². The van der Waals surface area contributed by atoms with Crippen LogP contribution in [-0.4, -0.2) is 15.7 Å². The molecule has 1 amide bonds. The molecule has 4 nitrogen and oxygen atoms in total. The van der Waals surface area contributed by atoms with Crippen molar-refractivity contribution in [3.05, 3.63) is 71.3 Å². The number of nitrogens with one attached hydrogen (secondary N) is 1. The van der Waals surface area contributed by atoms with E-state index in [0.717, 1.165) is 47.3 Å². The highest BCUT2D eigenvalue weighted by molar-refractivity contribution is 6.04. The van der Waals surface area contributed by atoms with Crippen LogP contribution >= 0.6 is 0 Å². The molecule has 146 valence electrons. The van der Waals surface area contributed by atoms with Crippen molar-refractivity contribution in [3.63, 3.8) is 0 Å². The fraction of sp³-hybridized carbons (Fsp3) is 0.111. The van der Waals surface area contributed by atoms with Gasteiger partial charge in [0, 0.05) is 30.1 Å². The Morgan fingerprint density at radius 2 is 1.64 bits per heavy atom. The highest BCUT2D eigenvalue weighted by atomic mass is 19.4. The molecule has 0 aliphatic rings. The lowest BCUT2D eigenvalue weighted by Gasteiger charge is -2.10. The average Bonchev–Trinajstić information content (AvgIpc) is 2.96. The second-order valence-corrected chi connectivity index (χ2v) is 5.81. The van der Waals surface area contributed by atoms with Gasteiger partial charge >= 0.3 is 6.18 Å². The molecule has 1 aromatic heterocycles. The van der Waals surface area contributed by atoms with E-state index in [4.69, 9.17) is 0 Å². The van der Waals surface area contributed by atoms with Crippen LogP contribution in [0.15, 0.2) is 42.6 Å². The van der Waals surface area contributed by atoms with Crippen LogP contribution in [0.3, 0.4) is 0 Å². The third kappa shape index (κ3) is 3.71. The molecule has 28 heavy (non-hydrogen) atoms. The van der Waals surface area contributed by atoms with E-state index in [1.165, 1.54) is 7.05 Å². The van der Waals surface area contributed by atoms with Crippen LogP contribution in [0.25, 0.3) is 11.1 Å². The molecule has 3 rings (SSSR count). The summed E-state index contributed by atoms with van der Waals surface area (Å²) in [5.74, 6) is -4.47. The van der Waals surface area contributed by atoms with Crippen LogP contribution in [0.1, 0.15) is 16.1 Å².